The summed E-state index contributed by atoms with van der Waals surface area (Å²) >= 11 is 1.31. The molecule has 0 spiro atoms. The first kappa shape index (κ1) is 23.6. The van der Waals surface area contributed by atoms with E-state index in [0.717, 1.165) is 25.7 Å². The first-order chi connectivity index (χ1) is 16.6. The topological polar surface area (TPSA) is 91.4 Å². The molecule has 2 heterocycles. The van der Waals surface area contributed by atoms with Crippen molar-refractivity contribution >= 4 is 34.7 Å². The third-order valence-corrected chi connectivity index (χ3v) is 6.80. The van der Waals surface area contributed by atoms with Crippen LogP contribution in [0.1, 0.15) is 53.4 Å². The van der Waals surface area contributed by atoms with E-state index in [9.17, 15) is 14.4 Å². The van der Waals surface area contributed by atoms with Crippen molar-refractivity contribution in [2.24, 2.45) is 0 Å². The Balaban J connectivity index is 1.63. The molecule has 34 heavy (non-hydrogen) atoms. The SMILES string of the molecule is O=C(NCC(=O)N(c1ccccc1)[C@@H](C(=O)NC1CCCCC1)c1ccncc1)c1cccs1. The Hall–Kier alpha value is -3.52. The predicted molar refractivity (Wildman–Crippen MR) is 133 cm³/mol. The molecule has 2 aromatic heterocycles. The quantitative estimate of drug-likeness (QED) is 0.512. The molecule has 4 rings (SSSR count). The van der Waals surface area contributed by atoms with Gasteiger partial charge in [0.1, 0.15) is 6.04 Å². The van der Waals surface area contributed by atoms with Crippen LogP contribution < -0.4 is 15.5 Å². The molecular weight excluding hydrogens is 448 g/mol. The average Bonchev–Trinajstić information content (AvgIpc) is 3.42. The van der Waals surface area contributed by atoms with Gasteiger partial charge in [-0.2, -0.15) is 0 Å². The summed E-state index contributed by atoms with van der Waals surface area (Å²) in [5.74, 6) is -0.930. The highest BCUT2D eigenvalue weighted by atomic mass is 32.1. The van der Waals surface area contributed by atoms with Gasteiger partial charge in [-0.15, -0.1) is 11.3 Å². The number of rotatable bonds is 8. The summed E-state index contributed by atoms with van der Waals surface area (Å²) in [4.78, 5) is 45.7. The molecule has 2 N–H and O–H groups in total. The van der Waals surface area contributed by atoms with Gasteiger partial charge < -0.3 is 10.6 Å². The Morgan fingerprint density at radius 1 is 0.971 bits per heavy atom. The van der Waals surface area contributed by atoms with Gasteiger partial charge in [-0.3, -0.25) is 24.3 Å². The molecule has 1 aliphatic rings. The van der Waals surface area contributed by atoms with Crippen molar-refractivity contribution in [2.45, 2.75) is 44.2 Å². The summed E-state index contributed by atoms with van der Waals surface area (Å²) in [6.45, 7) is -0.232. The summed E-state index contributed by atoms with van der Waals surface area (Å²) in [7, 11) is 0. The molecule has 7 nitrogen and oxygen atoms in total. The van der Waals surface area contributed by atoms with Crippen molar-refractivity contribution in [1.29, 1.82) is 0 Å². The summed E-state index contributed by atoms with van der Waals surface area (Å²) in [5, 5.41) is 7.68. The van der Waals surface area contributed by atoms with E-state index >= 15 is 0 Å². The molecule has 0 saturated heterocycles. The normalized spacial score (nSPS) is 14.7. The van der Waals surface area contributed by atoms with Crippen LogP contribution in [0.15, 0.2) is 72.4 Å². The average molecular weight is 477 g/mol. The van der Waals surface area contributed by atoms with Crippen LogP contribution in [-0.4, -0.2) is 35.3 Å². The van der Waals surface area contributed by atoms with Gasteiger partial charge in [-0.25, -0.2) is 0 Å². The number of pyridine rings is 1. The van der Waals surface area contributed by atoms with Crippen LogP contribution in [0.5, 0.6) is 0 Å². The molecule has 8 heteroatoms. The Morgan fingerprint density at radius 2 is 1.71 bits per heavy atom. The van der Waals surface area contributed by atoms with E-state index < -0.39 is 6.04 Å². The molecule has 3 amide bonds. The van der Waals surface area contributed by atoms with Crippen molar-refractivity contribution in [3.8, 4) is 0 Å². The number of aromatic nitrogens is 1. The summed E-state index contributed by atoms with van der Waals surface area (Å²) in [5.41, 5.74) is 1.24. The Bertz CT molecular complexity index is 1080. The summed E-state index contributed by atoms with van der Waals surface area (Å²) < 4.78 is 0. The fourth-order valence-electron chi connectivity index (χ4n) is 4.25. The molecule has 3 aromatic rings. The predicted octanol–water partition coefficient (Wildman–Crippen LogP) is 4.10. The molecule has 1 atom stereocenters. The lowest BCUT2D eigenvalue weighted by atomic mass is 9.94. The smallest absolute Gasteiger partial charge is 0.261 e. The van der Waals surface area contributed by atoms with E-state index in [2.05, 4.69) is 15.6 Å². The fraction of sp³-hybridized carbons (Fsp3) is 0.308. The summed E-state index contributed by atoms with van der Waals surface area (Å²) in [6.07, 6.45) is 8.45. The number of hydrogen-bond acceptors (Lipinski definition) is 5. The van der Waals surface area contributed by atoms with Crippen LogP contribution in [-0.2, 0) is 9.59 Å². The van der Waals surface area contributed by atoms with Crippen molar-refractivity contribution in [3.05, 3.63) is 82.8 Å². The number of hydrogen-bond donors (Lipinski definition) is 2. The second-order valence-corrected chi connectivity index (χ2v) is 9.23. The van der Waals surface area contributed by atoms with Crippen molar-refractivity contribution < 1.29 is 14.4 Å². The van der Waals surface area contributed by atoms with E-state index in [0.29, 0.717) is 16.1 Å². The molecule has 1 saturated carbocycles. The van der Waals surface area contributed by atoms with E-state index in [-0.39, 0.29) is 30.3 Å². The third kappa shape index (κ3) is 5.88. The third-order valence-electron chi connectivity index (χ3n) is 5.93. The minimum absolute atomic E-state index is 0.0943. The molecule has 0 aliphatic heterocycles. The maximum Gasteiger partial charge on any atom is 0.261 e. The maximum atomic E-state index is 13.6. The lowest BCUT2D eigenvalue weighted by molar-refractivity contribution is -0.127. The monoisotopic (exact) mass is 476 g/mol. The number of nitrogens with zero attached hydrogens (tertiary/aromatic N) is 2. The molecule has 0 bridgehead atoms. The van der Waals surface area contributed by atoms with E-state index in [1.807, 2.05) is 23.6 Å². The Labute approximate surface area is 203 Å². The van der Waals surface area contributed by atoms with E-state index in [1.165, 1.54) is 22.7 Å². The minimum atomic E-state index is -0.890. The molecule has 1 aliphatic carbocycles. The zero-order valence-electron chi connectivity index (χ0n) is 18.9. The number of carbonyl (C=O) groups is 3. The number of nitrogens with one attached hydrogen (secondary N) is 2. The van der Waals surface area contributed by atoms with Gasteiger partial charge in [0.05, 0.1) is 11.4 Å². The number of amides is 3. The van der Waals surface area contributed by atoms with Crippen LogP contribution >= 0.6 is 11.3 Å². The number of para-hydroxylation sites is 1. The largest absolute Gasteiger partial charge is 0.351 e. The Kier molecular flexibility index (Phi) is 8.04. The second kappa shape index (κ2) is 11.6. The molecular formula is C26H28N4O3S. The van der Waals surface area contributed by atoms with Crippen molar-refractivity contribution in [3.63, 3.8) is 0 Å². The second-order valence-electron chi connectivity index (χ2n) is 8.29. The van der Waals surface area contributed by atoms with Gasteiger partial charge in [-0.05, 0) is 54.1 Å². The van der Waals surface area contributed by atoms with Gasteiger partial charge in [0, 0.05) is 24.1 Å². The number of thiophene rings is 1. The minimum Gasteiger partial charge on any atom is -0.351 e. The lowest BCUT2D eigenvalue weighted by Gasteiger charge is -2.33. The molecule has 0 unspecified atom stereocenters. The van der Waals surface area contributed by atoms with Crippen molar-refractivity contribution in [2.75, 3.05) is 11.4 Å². The van der Waals surface area contributed by atoms with Crippen LogP contribution in [0.25, 0.3) is 0 Å². The highest BCUT2D eigenvalue weighted by Crippen LogP contribution is 2.28. The highest BCUT2D eigenvalue weighted by Gasteiger charge is 2.34. The van der Waals surface area contributed by atoms with Gasteiger partial charge in [0.2, 0.25) is 11.8 Å². The Morgan fingerprint density at radius 3 is 2.38 bits per heavy atom. The number of carbonyl (C=O) groups excluding carboxylic acids is 3. The maximum absolute atomic E-state index is 13.6. The first-order valence-corrected chi connectivity index (χ1v) is 12.4. The van der Waals surface area contributed by atoms with Crippen LogP contribution in [0.2, 0.25) is 0 Å². The van der Waals surface area contributed by atoms with Crippen LogP contribution in [0.4, 0.5) is 5.69 Å². The molecule has 0 radical (unpaired) electrons. The van der Waals surface area contributed by atoms with Gasteiger partial charge in [0.25, 0.3) is 5.91 Å². The zero-order valence-corrected chi connectivity index (χ0v) is 19.7. The van der Waals surface area contributed by atoms with E-state index in [1.54, 1.807) is 48.8 Å². The fourth-order valence-corrected chi connectivity index (χ4v) is 4.89. The van der Waals surface area contributed by atoms with Gasteiger partial charge >= 0.3 is 0 Å². The molecule has 1 aromatic carbocycles. The molecule has 176 valence electrons. The highest BCUT2D eigenvalue weighted by molar-refractivity contribution is 7.12. The van der Waals surface area contributed by atoms with Crippen LogP contribution in [0.3, 0.4) is 0 Å². The molecule has 1 fully saturated rings. The van der Waals surface area contributed by atoms with Crippen molar-refractivity contribution in [1.82, 2.24) is 15.6 Å². The summed E-state index contributed by atoms with van der Waals surface area (Å²) in [6, 6.07) is 15.3. The van der Waals surface area contributed by atoms with Gasteiger partial charge in [0.15, 0.2) is 0 Å². The van der Waals surface area contributed by atoms with E-state index in [4.69, 9.17) is 0 Å². The number of anilines is 1. The standard InChI is InChI=1S/C26H28N4O3S/c31-23(18-28-25(32)22-12-7-17-34-22)30(21-10-5-2-6-11-21)24(19-13-15-27-16-14-19)26(33)29-20-8-3-1-4-9-20/h2,5-7,10-17,20,24H,1,3-4,8-9,18H2,(H,28,32)(H,29,33)/t24-/m1/s1. The lowest BCUT2D eigenvalue weighted by Crippen LogP contribution is -2.49. The van der Waals surface area contributed by atoms with Gasteiger partial charge in [-0.1, -0.05) is 43.5 Å². The first-order valence-electron chi connectivity index (χ1n) is 11.5. The number of benzene rings is 1. The zero-order chi connectivity index (χ0) is 23.8. The van der Waals surface area contributed by atoms with Crippen LogP contribution in [0, 0.1) is 0 Å².